The van der Waals surface area contributed by atoms with Crippen LogP contribution in [-0.4, -0.2) is 52.9 Å². The van der Waals surface area contributed by atoms with Gasteiger partial charge in [-0.25, -0.2) is 13.4 Å². The number of amides is 1. The van der Waals surface area contributed by atoms with Crippen molar-refractivity contribution in [2.45, 2.75) is 32.2 Å². The molecular formula is C22H25N3O3S. The van der Waals surface area contributed by atoms with E-state index in [-0.39, 0.29) is 23.5 Å². The standard InChI is InChI=1S/C22H25N3O3S/c1-2-3-13-24(19-12-14-29(27,28)15-19)22(26)17-8-10-18(11-9-17)25-16-23-20-6-4-5-7-21(20)25/h4-11,16,19H,2-3,12-15H2,1H3. The molecule has 2 aromatic carbocycles. The van der Waals surface area contributed by atoms with E-state index in [0.29, 0.717) is 18.5 Å². The minimum atomic E-state index is -3.04. The van der Waals surface area contributed by atoms with Gasteiger partial charge in [-0.3, -0.25) is 9.36 Å². The number of fused-ring (bicyclic) bond motifs is 1. The Balaban J connectivity index is 1.58. The molecule has 7 heteroatoms. The van der Waals surface area contributed by atoms with E-state index in [1.54, 1.807) is 11.2 Å². The first-order valence-electron chi connectivity index (χ1n) is 10.0. The summed E-state index contributed by atoms with van der Waals surface area (Å²) in [5.41, 5.74) is 3.44. The van der Waals surface area contributed by atoms with Crippen LogP contribution in [0.5, 0.6) is 0 Å². The molecule has 3 aromatic rings. The van der Waals surface area contributed by atoms with Gasteiger partial charge in [0.1, 0.15) is 6.33 Å². The number of carbonyl (C=O) groups excluding carboxylic acids is 1. The minimum absolute atomic E-state index is 0.0710. The Kier molecular flexibility index (Phi) is 5.41. The van der Waals surface area contributed by atoms with E-state index in [1.165, 1.54) is 0 Å². The number of rotatable bonds is 6. The third-order valence-corrected chi connectivity index (χ3v) is 7.26. The predicted molar refractivity (Wildman–Crippen MR) is 114 cm³/mol. The fraction of sp³-hybridized carbons (Fsp3) is 0.364. The largest absolute Gasteiger partial charge is 0.335 e. The monoisotopic (exact) mass is 411 g/mol. The van der Waals surface area contributed by atoms with Gasteiger partial charge in [-0.2, -0.15) is 0 Å². The first-order valence-corrected chi connectivity index (χ1v) is 11.8. The van der Waals surface area contributed by atoms with Crippen LogP contribution in [0.3, 0.4) is 0 Å². The molecular weight excluding hydrogens is 386 g/mol. The van der Waals surface area contributed by atoms with Crippen LogP contribution in [0.15, 0.2) is 54.9 Å². The molecule has 152 valence electrons. The van der Waals surface area contributed by atoms with Crippen molar-refractivity contribution in [1.82, 2.24) is 14.5 Å². The van der Waals surface area contributed by atoms with Crippen LogP contribution < -0.4 is 0 Å². The Hall–Kier alpha value is -2.67. The van der Waals surface area contributed by atoms with Gasteiger partial charge in [0.25, 0.3) is 5.91 Å². The molecule has 1 amide bonds. The van der Waals surface area contributed by atoms with Crippen molar-refractivity contribution in [1.29, 1.82) is 0 Å². The number of para-hydroxylation sites is 2. The average molecular weight is 412 g/mol. The Morgan fingerprint density at radius 3 is 2.62 bits per heavy atom. The van der Waals surface area contributed by atoms with Gasteiger partial charge in [-0.05, 0) is 49.2 Å². The van der Waals surface area contributed by atoms with Gasteiger partial charge in [-0.15, -0.1) is 0 Å². The summed E-state index contributed by atoms with van der Waals surface area (Å²) in [5, 5.41) is 0. The second-order valence-corrected chi connectivity index (χ2v) is 9.79. The summed E-state index contributed by atoms with van der Waals surface area (Å²) in [7, 11) is -3.04. The normalized spacial score (nSPS) is 18.2. The summed E-state index contributed by atoms with van der Waals surface area (Å²) in [5.74, 6) is 0.143. The summed E-state index contributed by atoms with van der Waals surface area (Å²) in [6, 6.07) is 15.1. The number of sulfone groups is 1. The molecule has 29 heavy (non-hydrogen) atoms. The number of carbonyl (C=O) groups is 1. The Morgan fingerprint density at radius 1 is 1.17 bits per heavy atom. The molecule has 0 aliphatic carbocycles. The second kappa shape index (κ2) is 7.99. The maximum atomic E-state index is 13.2. The lowest BCUT2D eigenvalue weighted by Gasteiger charge is -2.28. The second-order valence-electron chi connectivity index (χ2n) is 7.56. The number of imidazole rings is 1. The lowest BCUT2D eigenvalue weighted by Crippen LogP contribution is -2.41. The van der Waals surface area contributed by atoms with Crippen molar-refractivity contribution in [2.24, 2.45) is 0 Å². The van der Waals surface area contributed by atoms with E-state index < -0.39 is 9.84 Å². The lowest BCUT2D eigenvalue weighted by atomic mass is 10.1. The van der Waals surface area contributed by atoms with Gasteiger partial charge in [0.15, 0.2) is 9.84 Å². The number of hydrogen-bond donors (Lipinski definition) is 0. The topological polar surface area (TPSA) is 72.3 Å². The summed E-state index contributed by atoms with van der Waals surface area (Å²) in [6.45, 7) is 2.65. The molecule has 0 N–H and O–H groups in total. The van der Waals surface area contributed by atoms with Crippen molar-refractivity contribution in [2.75, 3.05) is 18.1 Å². The maximum Gasteiger partial charge on any atom is 0.254 e. The molecule has 1 atom stereocenters. The highest BCUT2D eigenvalue weighted by molar-refractivity contribution is 7.91. The zero-order valence-corrected chi connectivity index (χ0v) is 17.3. The van der Waals surface area contributed by atoms with Crippen LogP contribution in [0.4, 0.5) is 0 Å². The average Bonchev–Trinajstić information content (AvgIpc) is 3.31. The van der Waals surface area contributed by atoms with Gasteiger partial charge in [0.05, 0.1) is 22.5 Å². The van der Waals surface area contributed by atoms with Gasteiger partial charge in [-0.1, -0.05) is 25.5 Å². The van der Waals surface area contributed by atoms with Gasteiger partial charge >= 0.3 is 0 Å². The molecule has 4 rings (SSSR count). The van der Waals surface area contributed by atoms with Crippen molar-refractivity contribution in [3.8, 4) is 5.69 Å². The SMILES string of the molecule is CCCCN(C(=O)c1ccc(-n2cnc3ccccc32)cc1)C1CCS(=O)(=O)C1. The number of benzene rings is 2. The van der Waals surface area contributed by atoms with Crippen LogP contribution in [-0.2, 0) is 9.84 Å². The minimum Gasteiger partial charge on any atom is -0.335 e. The van der Waals surface area contributed by atoms with E-state index in [1.807, 2.05) is 53.1 Å². The molecule has 1 aliphatic rings. The fourth-order valence-corrected chi connectivity index (χ4v) is 5.63. The summed E-state index contributed by atoms with van der Waals surface area (Å²) in [4.78, 5) is 19.3. The molecule has 0 radical (unpaired) electrons. The van der Waals surface area contributed by atoms with Gasteiger partial charge in [0.2, 0.25) is 0 Å². The third-order valence-electron chi connectivity index (χ3n) is 5.51. The molecule has 2 heterocycles. The smallest absolute Gasteiger partial charge is 0.254 e. The van der Waals surface area contributed by atoms with Crippen LogP contribution >= 0.6 is 0 Å². The molecule has 1 aromatic heterocycles. The zero-order chi connectivity index (χ0) is 20.4. The number of nitrogens with zero attached hydrogens (tertiary/aromatic N) is 3. The van der Waals surface area contributed by atoms with Crippen molar-refractivity contribution >= 4 is 26.8 Å². The van der Waals surface area contributed by atoms with E-state index in [2.05, 4.69) is 11.9 Å². The Bertz CT molecular complexity index is 1120. The number of aromatic nitrogens is 2. The number of unbranched alkanes of at least 4 members (excludes halogenated alkanes) is 1. The first-order chi connectivity index (χ1) is 14.0. The molecule has 0 spiro atoms. The van der Waals surface area contributed by atoms with Crippen molar-refractivity contribution in [3.63, 3.8) is 0 Å². The van der Waals surface area contributed by atoms with Crippen LogP contribution in [0, 0.1) is 0 Å². The first kappa shape index (κ1) is 19.6. The highest BCUT2D eigenvalue weighted by atomic mass is 32.2. The molecule has 0 bridgehead atoms. The molecule has 1 fully saturated rings. The van der Waals surface area contributed by atoms with Gasteiger partial charge in [0, 0.05) is 23.8 Å². The Morgan fingerprint density at radius 2 is 1.93 bits per heavy atom. The molecule has 1 saturated heterocycles. The third kappa shape index (κ3) is 4.05. The van der Waals surface area contributed by atoms with Crippen LogP contribution in [0.1, 0.15) is 36.5 Å². The quantitative estimate of drug-likeness (QED) is 0.623. The van der Waals surface area contributed by atoms with Gasteiger partial charge < -0.3 is 4.90 Å². The molecule has 0 saturated carbocycles. The zero-order valence-electron chi connectivity index (χ0n) is 16.5. The van der Waals surface area contributed by atoms with Crippen molar-refractivity contribution < 1.29 is 13.2 Å². The van der Waals surface area contributed by atoms with Crippen LogP contribution in [0.25, 0.3) is 16.7 Å². The highest BCUT2D eigenvalue weighted by Crippen LogP contribution is 2.22. The summed E-state index contributed by atoms with van der Waals surface area (Å²) in [6.07, 6.45) is 4.12. The molecule has 6 nitrogen and oxygen atoms in total. The lowest BCUT2D eigenvalue weighted by molar-refractivity contribution is 0.0694. The molecule has 1 aliphatic heterocycles. The number of hydrogen-bond acceptors (Lipinski definition) is 4. The maximum absolute atomic E-state index is 13.2. The summed E-state index contributed by atoms with van der Waals surface area (Å²) < 4.78 is 25.8. The Labute approximate surface area is 171 Å². The summed E-state index contributed by atoms with van der Waals surface area (Å²) >= 11 is 0. The van der Waals surface area contributed by atoms with E-state index in [4.69, 9.17) is 0 Å². The van der Waals surface area contributed by atoms with Crippen molar-refractivity contribution in [3.05, 3.63) is 60.4 Å². The van der Waals surface area contributed by atoms with E-state index >= 15 is 0 Å². The van der Waals surface area contributed by atoms with E-state index in [0.717, 1.165) is 29.6 Å². The van der Waals surface area contributed by atoms with Crippen LogP contribution in [0.2, 0.25) is 0 Å². The molecule has 1 unspecified atom stereocenters. The highest BCUT2D eigenvalue weighted by Gasteiger charge is 2.34. The fourth-order valence-electron chi connectivity index (χ4n) is 3.89. The van der Waals surface area contributed by atoms with E-state index in [9.17, 15) is 13.2 Å². The predicted octanol–water partition coefficient (Wildman–Crippen LogP) is 3.45.